The molecule has 30 heavy (non-hydrogen) atoms. The number of carbonyl (C=O) groups excluding carboxylic acids is 1. The zero-order chi connectivity index (χ0) is 21.7. The van der Waals surface area contributed by atoms with E-state index in [1.165, 1.54) is 66.7 Å². The van der Waals surface area contributed by atoms with Crippen molar-refractivity contribution in [1.29, 1.82) is 0 Å². The summed E-state index contributed by atoms with van der Waals surface area (Å²) in [6.07, 6.45) is 2.67. The Morgan fingerprint density at radius 2 is 1.50 bits per heavy atom. The van der Waals surface area contributed by atoms with Gasteiger partial charge in [-0.1, -0.05) is 6.07 Å². The molecule has 0 radical (unpaired) electrons. The van der Waals surface area contributed by atoms with Crippen molar-refractivity contribution < 1.29 is 27.8 Å². The zero-order valence-corrected chi connectivity index (χ0v) is 16.2. The van der Waals surface area contributed by atoms with Gasteiger partial charge in [-0.15, -0.1) is 0 Å². The predicted octanol–water partition coefficient (Wildman–Crippen LogP) is 3.69. The molecule has 0 heterocycles. The molecule has 0 aromatic heterocycles. The minimum atomic E-state index is -3.87. The van der Waals surface area contributed by atoms with Crippen LogP contribution in [0.4, 0.5) is 15.8 Å². The number of rotatable bonds is 6. The van der Waals surface area contributed by atoms with Crippen LogP contribution in [-0.2, 0) is 14.8 Å². The lowest BCUT2D eigenvalue weighted by molar-refractivity contribution is -0.111. The highest BCUT2D eigenvalue weighted by molar-refractivity contribution is 7.92. The second-order valence-electron chi connectivity index (χ2n) is 6.21. The third-order valence-electron chi connectivity index (χ3n) is 3.96. The number of phenolic OH excluding ortho intramolecular Hbond substituents is 2. The Morgan fingerprint density at radius 3 is 2.13 bits per heavy atom. The first-order chi connectivity index (χ1) is 14.2. The van der Waals surface area contributed by atoms with Crippen LogP contribution in [0, 0.1) is 5.82 Å². The zero-order valence-electron chi connectivity index (χ0n) is 15.4. The number of carbonyl (C=O) groups is 1. The normalized spacial score (nSPS) is 11.4. The molecule has 0 saturated heterocycles. The van der Waals surface area contributed by atoms with Crippen molar-refractivity contribution in [2.75, 3.05) is 10.0 Å². The van der Waals surface area contributed by atoms with Crippen LogP contribution in [0.25, 0.3) is 6.08 Å². The molecule has 0 unspecified atom stereocenters. The van der Waals surface area contributed by atoms with E-state index < -0.39 is 21.7 Å². The molecule has 154 valence electrons. The first-order valence-electron chi connectivity index (χ1n) is 8.62. The first-order valence-corrected chi connectivity index (χ1v) is 10.1. The average molecular weight is 428 g/mol. The molecular formula is C21H17FN2O5S. The van der Waals surface area contributed by atoms with Gasteiger partial charge in [0.05, 0.1) is 4.90 Å². The van der Waals surface area contributed by atoms with Crippen LogP contribution in [0.3, 0.4) is 0 Å². The van der Waals surface area contributed by atoms with Crippen LogP contribution >= 0.6 is 0 Å². The number of anilines is 2. The van der Waals surface area contributed by atoms with E-state index in [0.717, 1.165) is 12.1 Å². The summed E-state index contributed by atoms with van der Waals surface area (Å²) in [4.78, 5) is 12.0. The Morgan fingerprint density at radius 1 is 0.867 bits per heavy atom. The quantitative estimate of drug-likeness (QED) is 0.353. The fraction of sp³-hybridized carbons (Fsp3) is 0. The summed E-state index contributed by atoms with van der Waals surface area (Å²) < 4.78 is 40.1. The molecular weight excluding hydrogens is 411 g/mol. The van der Waals surface area contributed by atoms with Crippen LogP contribution in [0.2, 0.25) is 0 Å². The summed E-state index contributed by atoms with van der Waals surface area (Å²) in [5.74, 6) is -1.51. The van der Waals surface area contributed by atoms with Gasteiger partial charge in [0, 0.05) is 17.5 Å². The summed E-state index contributed by atoms with van der Waals surface area (Å²) in [5.41, 5.74) is 1.10. The third kappa shape index (κ3) is 5.36. The van der Waals surface area contributed by atoms with Crippen molar-refractivity contribution in [2.24, 2.45) is 0 Å². The summed E-state index contributed by atoms with van der Waals surface area (Å²) in [5, 5.41) is 21.3. The van der Waals surface area contributed by atoms with E-state index in [4.69, 9.17) is 0 Å². The summed E-state index contributed by atoms with van der Waals surface area (Å²) in [6, 6.07) is 14.5. The number of halogens is 1. The highest BCUT2D eigenvalue weighted by Gasteiger charge is 2.14. The Hall–Kier alpha value is -3.85. The molecule has 0 aliphatic rings. The second kappa shape index (κ2) is 8.66. The molecule has 0 atom stereocenters. The maximum absolute atomic E-state index is 12.9. The van der Waals surface area contributed by atoms with E-state index >= 15 is 0 Å². The molecule has 7 nitrogen and oxygen atoms in total. The van der Waals surface area contributed by atoms with Gasteiger partial charge < -0.3 is 15.5 Å². The molecule has 0 saturated carbocycles. The summed E-state index contributed by atoms with van der Waals surface area (Å²) >= 11 is 0. The standard InChI is InChI=1S/C21H17FN2O5S/c22-15-3-5-17(6-4-15)24-30(28,29)18-9-7-16(8-10-18)23-21(27)12-2-14-1-11-19(25)20(26)13-14/h1-13,24-26H,(H,23,27)/b12-2+. The van der Waals surface area contributed by atoms with E-state index in [1.807, 2.05) is 0 Å². The maximum atomic E-state index is 12.9. The van der Waals surface area contributed by atoms with E-state index in [2.05, 4.69) is 10.0 Å². The summed E-state index contributed by atoms with van der Waals surface area (Å²) in [7, 11) is -3.87. The number of benzene rings is 3. The van der Waals surface area contributed by atoms with E-state index in [-0.39, 0.29) is 22.1 Å². The van der Waals surface area contributed by atoms with Crippen molar-refractivity contribution in [1.82, 2.24) is 0 Å². The van der Waals surface area contributed by atoms with E-state index in [9.17, 15) is 27.8 Å². The van der Waals surface area contributed by atoms with Gasteiger partial charge in [-0.25, -0.2) is 12.8 Å². The van der Waals surface area contributed by atoms with Crippen molar-refractivity contribution in [3.63, 3.8) is 0 Å². The number of hydrogen-bond acceptors (Lipinski definition) is 5. The third-order valence-corrected chi connectivity index (χ3v) is 5.35. The maximum Gasteiger partial charge on any atom is 0.261 e. The Labute approximate surface area is 172 Å². The van der Waals surface area contributed by atoms with Gasteiger partial charge in [0.1, 0.15) is 5.82 Å². The van der Waals surface area contributed by atoms with E-state index in [1.54, 1.807) is 0 Å². The van der Waals surface area contributed by atoms with Crippen molar-refractivity contribution in [3.8, 4) is 11.5 Å². The number of nitrogens with one attached hydrogen (secondary N) is 2. The monoisotopic (exact) mass is 428 g/mol. The van der Waals surface area contributed by atoms with Crippen LogP contribution in [-0.4, -0.2) is 24.5 Å². The minimum Gasteiger partial charge on any atom is -0.504 e. The Balaban J connectivity index is 1.64. The van der Waals surface area contributed by atoms with Crippen molar-refractivity contribution in [3.05, 3.63) is 84.2 Å². The van der Waals surface area contributed by atoms with Crippen molar-refractivity contribution in [2.45, 2.75) is 4.90 Å². The highest BCUT2D eigenvalue weighted by Crippen LogP contribution is 2.25. The van der Waals surface area contributed by atoms with Gasteiger partial charge in [-0.05, 0) is 72.3 Å². The van der Waals surface area contributed by atoms with Gasteiger partial charge in [0.25, 0.3) is 10.0 Å². The SMILES string of the molecule is O=C(/C=C/c1ccc(O)c(O)c1)Nc1ccc(S(=O)(=O)Nc2ccc(F)cc2)cc1. The van der Waals surface area contributed by atoms with Gasteiger partial charge in [0.2, 0.25) is 5.91 Å². The topological polar surface area (TPSA) is 116 Å². The number of hydrogen-bond donors (Lipinski definition) is 4. The fourth-order valence-electron chi connectivity index (χ4n) is 2.45. The smallest absolute Gasteiger partial charge is 0.261 e. The molecule has 0 bridgehead atoms. The van der Waals surface area contributed by atoms with Crippen LogP contribution < -0.4 is 10.0 Å². The van der Waals surface area contributed by atoms with Gasteiger partial charge >= 0.3 is 0 Å². The fourth-order valence-corrected chi connectivity index (χ4v) is 3.51. The Kier molecular flexibility index (Phi) is 6.03. The van der Waals surface area contributed by atoms with Crippen LogP contribution in [0.15, 0.2) is 77.7 Å². The largest absolute Gasteiger partial charge is 0.504 e. The number of sulfonamides is 1. The van der Waals surface area contributed by atoms with Gasteiger partial charge in [0.15, 0.2) is 11.5 Å². The Bertz CT molecular complexity index is 1190. The molecule has 3 aromatic carbocycles. The molecule has 3 aromatic rings. The molecule has 0 aliphatic carbocycles. The summed E-state index contributed by atoms with van der Waals surface area (Å²) in [6.45, 7) is 0. The lowest BCUT2D eigenvalue weighted by Crippen LogP contribution is -2.13. The second-order valence-corrected chi connectivity index (χ2v) is 7.89. The molecule has 0 spiro atoms. The number of amides is 1. The van der Waals surface area contributed by atoms with Crippen LogP contribution in [0.5, 0.6) is 11.5 Å². The average Bonchev–Trinajstić information content (AvgIpc) is 2.71. The molecule has 4 N–H and O–H groups in total. The predicted molar refractivity (Wildman–Crippen MR) is 111 cm³/mol. The lowest BCUT2D eigenvalue weighted by Gasteiger charge is -2.09. The minimum absolute atomic E-state index is 0.0278. The van der Waals surface area contributed by atoms with Crippen molar-refractivity contribution >= 4 is 33.4 Å². The molecule has 3 rings (SSSR count). The highest BCUT2D eigenvalue weighted by atomic mass is 32.2. The molecule has 0 aliphatic heterocycles. The van der Waals surface area contributed by atoms with Gasteiger partial charge in [-0.3, -0.25) is 9.52 Å². The lowest BCUT2D eigenvalue weighted by atomic mass is 10.2. The van der Waals surface area contributed by atoms with E-state index in [0.29, 0.717) is 11.3 Å². The molecule has 1 amide bonds. The van der Waals surface area contributed by atoms with Gasteiger partial charge in [-0.2, -0.15) is 0 Å². The first kappa shape index (κ1) is 20.9. The van der Waals surface area contributed by atoms with Crippen LogP contribution in [0.1, 0.15) is 5.56 Å². The molecule has 9 heteroatoms. The number of phenols is 2. The number of aromatic hydroxyl groups is 2. The molecule has 0 fully saturated rings.